The number of hydrogen-bond donors (Lipinski definition) is 1. The predicted molar refractivity (Wildman–Crippen MR) is 107 cm³/mol. The van der Waals surface area contributed by atoms with Gasteiger partial charge in [0.25, 0.3) is 0 Å². The third-order valence-corrected chi connectivity index (χ3v) is 5.76. The molecule has 1 N–H and O–H groups in total. The zero-order valence-corrected chi connectivity index (χ0v) is 14.6. The molecule has 1 aliphatic rings. The predicted octanol–water partition coefficient (Wildman–Crippen LogP) is 6.29. The molecule has 4 aromatic rings. The maximum atomic E-state index is 3.42. The van der Waals surface area contributed by atoms with Gasteiger partial charge in [0.1, 0.15) is 0 Å². The van der Waals surface area contributed by atoms with E-state index in [4.69, 9.17) is 0 Å². The standard InChI is InChI=1S/C24H21N/c1-15-12-22-16(2)19-8-5-11-25-24(19)14-23(22)21(15)13-18-10-9-17-6-3-4-7-20(17)18/h3-12,14,18,25H,13H2,1-2H3. The summed E-state index contributed by atoms with van der Waals surface area (Å²) in [6.07, 6.45) is 7.72. The monoisotopic (exact) mass is 323 g/mol. The molecule has 1 unspecified atom stereocenters. The lowest BCUT2D eigenvalue weighted by Gasteiger charge is -2.12. The minimum atomic E-state index is 0.483. The number of fused-ring (bicyclic) bond motifs is 3. The second-order valence-corrected chi connectivity index (χ2v) is 7.20. The van der Waals surface area contributed by atoms with Crippen LogP contribution in [0, 0.1) is 13.8 Å². The normalized spacial score (nSPS) is 16.0. The van der Waals surface area contributed by atoms with Crippen LogP contribution < -0.4 is 0 Å². The lowest BCUT2D eigenvalue weighted by Crippen LogP contribution is -1.99. The number of allylic oxidation sites excluding steroid dienone is 1. The van der Waals surface area contributed by atoms with Crippen LogP contribution in [0.15, 0.2) is 60.8 Å². The fourth-order valence-electron chi connectivity index (χ4n) is 4.41. The Bertz CT molecular complexity index is 1140. The molecule has 0 radical (unpaired) electrons. The van der Waals surface area contributed by atoms with Crippen LogP contribution in [0.5, 0.6) is 0 Å². The molecule has 0 saturated heterocycles. The van der Waals surface area contributed by atoms with Crippen molar-refractivity contribution < 1.29 is 0 Å². The molecule has 1 aliphatic carbocycles. The fourth-order valence-corrected chi connectivity index (χ4v) is 4.41. The third-order valence-electron chi connectivity index (χ3n) is 5.76. The van der Waals surface area contributed by atoms with Crippen molar-refractivity contribution in [2.45, 2.75) is 26.2 Å². The van der Waals surface area contributed by atoms with E-state index in [9.17, 15) is 0 Å². The first kappa shape index (κ1) is 14.5. The maximum Gasteiger partial charge on any atom is 0.0462 e. The Morgan fingerprint density at radius 2 is 1.80 bits per heavy atom. The Morgan fingerprint density at radius 1 is 0.920 bits per heavy atom. The molecule has 1 heteroatoms. The molecule has 0 spiro atoms. The molecular formula is C24H21N. The second kappa shape index (κ2) is 5.35. The SMILES string of the molecule is Cc1cc2c(C)c3ccc[nH]c3cc2c1CC1C=Cc2ccccc21. The zero-order valence-electron chi connectivity index (χ0n) is 14.6. The van der Waals surface area contributed by atoms with Gasteiger partial charge in [-0.1, -0.05) is 48.6 Å². The van der Waals surface area contributed by atoms with E-state index in [2.05, 4.69) is 79.5 Å². The molecule has 1 atom stereocenters. The molecule has 25 heavy (non-hydrogen) atoms. The molecule has 122 valence electrons. The van der Waals surface area contributed by atoms with Crippen molar-refractivity contribution in [3.63, 3.8) is 0 Å². The quantitative estimate of drug-likeness (QED) is 0.446. The molecular weight excluding hydrogens is 302 g/mol. The van der Waals surface area contributed by atoms with Crippen molar-refractivity contribution in [2.24, 2.45) is 0 Å². The molecule has 0 fully saturated rings. The Hall–Kier alpha value is -2.80. The lowest BCUT2D eigenvalue weighted by atomic mass is 9.91. The van der Waals surface area contributed by atoms with Gasteiger partial charge < -0.3 is 4.98 Å². The summed E-state index contributed by atoms with van der Waals surface area (Å²) < 4.78 is 0. The van der Waals surface area contributed by atoms with E-state index in [-0.39, 0.29) is 0 Å². The van der Waals surface area contributed by atoms with E-state index in [0.29, 0.717) is 5.92 Å². The first-order chi connectivity index (χ1) is 12.2. The van der Waals surface area contributed by atoms with Crippen LogP contribution in [0.3, 0.4) is 0 Å². The lowest BCUT2D eigenvalue weighted by molar-refractivity contribution is 0.852. The van der Waals surface area contributed by atoms with E-state index in [1.165, 1.54) is 49.5 Å². The average Bonchev–Trinajstić information content (AvgIpc) is 3.18. The van der Waals surface area contributed by atoms with Crippen molar-refractivity contribution >= 4 is 27.8 Å². The molecule has 0 aliphatic heterocycles. The minimum absolute atomic E-state index is 0.483. The highest BCUT2D eigenvalue weighted by atomic mass is 14.6. The van der Waals surface area contributed by atoms with Gasteiger partial charge in [0.15, 0.2) is 0 Å². The van der Waals surface area contributed by atoms with E-state index < -0.39 is 0 Å². The number of rotatable bonds is 2. The summed E-state index contributed by atoms with van der Waals surface area (Å²) in [7, 11) is 0. The van der Waals surface area contributed by atoms with Crippen LogP contribution in [0.25, 0.3) is 27.8 Å². The first-order valence-electron chi connectivity index (χ1n) is 8.98. The van der Waals surface area contributed by atoms with Gasteiger partial charge in [-0.05, 0) is 71.0 Å². The third kappa shape index (κ3) is 2.16. The Labute approximate surface area is 148 Å². The molecule has 1 heterocycles. The van der Waals surface area contributed by atoms with Gasteiger partial charge in [-0.15, -0.1) is 0 Å². The highest BCUT2D eigenvalue weighted by Crippen LogP contribution is 2.38. The Balaban J connectivity index is 1.67. The van der Waals surface area contributed by atoms with Crippen molar-refractivity contribution in [1.29, 1.82) is 0 Å². The summed E-state index contributed by atoms with van der Waals surface area (Å²) >= 11 is 0. The number of aromatic nitrogens is 1. The highest BCUT2D eigenvalue weighted by molar-refractivity contribution is 6.03. The van der Waals surface area contributed by atoms with Gasteiger partial charge >= 0.3 is 0 Å². The van der Waals surface area contributed by atoms with Gasteiger partial charge in [0.05, 0.1) is 0 Å². The van der Waals surface area contributed by atoms with E-state index in [1.54, 1.807) is 0 Å². The minimum Gasteiger partial charge on any atom is -0.361 e. The van der Waals surface area contributed by atoms with Crippen molar-refractivity contribution in [3.05, 3.63) is 88.6 Å². The summed E-state index contributed by atoms with van der Waals surface area (Å²) in [5, 5.41) is 4.12. The van der Waals surface area contributed by atoms with Crippen molar-refractivity contribution in [3.8, 4) is 0 Å². The summed E-state index contributed by atoms with van der Waals surface area (Å²) in [6, 6.07) is 17.8. The van der Waals surface area contributed by atoms with Crippen molar-refractivity contribution in [1.82, 2.24) is 4.98 Å². The molecule has 0 saturated carbocycles. The van der Waals surface area contributed by atoms with E-state index >= 15 is 0 Å². The molecule has 0 amide bonds. The van der Waals surface area contributed by atoms with Crippen LogP contribution in [0.4, 0.5) is 0 Å². The average molecular weight is 323 g/mol. The van der Waals surface area contributed by atoms with Gasteiger partial charge in [0.2, 0.25) is 0 Å². The summed E-state index contributed by atoms with van der Waals surface area (Å²) in [4.78, 5) is 3.42. The molecule has 1 nitrogen and oxygen atoms in total. The molecule has 3 aromatic carbocycles. The summed E-state index contributed by atoms with van der Waals surface area (Å²) in [5.74, 6) is 0.483. The first-order valence-corrected chi connectivity index (χ1v) is 8.98. The van der Waals surface area contributed by atoms with Gasteiger partial charge in [-0.25, -0.2) is 0 Å². The smallest absolute Gasteiger partial charge is 0.0462 e. The van der Waals surface area contributed by atoms with Crippen LogP contribution in [-0.4, -0.2) is 4.98 Å². The summed E-state index contributed by atoms with van der Waals surface area (Å²) in [6.45, 7) is 4.50. The van der Waals surface area contributed by atoms with Crippen LogP contribution in [0.2, 0.25) is 0 Å². The number of pyridine rings is 1. The van der Waals surface area contributed by atoms with Gasteiger partial charge in [-0.3, -0.25) is 0 Å². The van der Waals surface area contributed by atoms with E-state index in [1.807, 2.05) is 6.20 Å². The van der Waals surface area contributed by atoms with E-state index in [0.717, 1.165) is 6.42 Å². The van der Waals surface area contributed by atoms with Gasteiger partial charge in [0, 0.05) is 23.0 Å². The zero-order chi connectivity index (χ0) is 17.0. The molecule has 5 rings (SSSR count). The second-order valence-electron chi connectivity index (χ2n) is 7.20. The highest BCUT2D eigenvalue weighted by Gasteiger charge is 2.20. The van der Waals surface area contributed by atoms with Crippen molar-refractivity contribution in [2.75, 3.05) is 0 Å². The maximum absolute atomic E-state index is 3.42. The van der Waals surface area contributed by atoms with Gasteiger partial charge in [-0.2, -0.15) is 0 Å². The number of H-pyrrole nitrogens is 1. The van der Waals surface area contributed by atoms with Crippen LogP contribution in [0.1, 0.15) is 33.7 Å². The number of aromatic amines is 1. The number of benzene rings is 2. The Morgan fingerprint density at radius 3 is 2.72 bits per heavy atom. The molecule has 0 bridgehead atoms. The molecule has 1 aromatic heterocycles. The topological polar surface area (TPSA) is 15.8 Å². The van der Waals surface area contributed by atoms with Crippen LogP contribution in [-0.2, 0) is 6.42 Å². The van der Waals surface area contributed by atoms with Crippen LogP contribution >= 0.6 is 0 Å². The number of aryl methyl sites for hydroxylation is 2. The number of nitrogens with one attached hydrogen (secondary N) is 1. The Kier molecular flexibility index (Phi) is 3.11. The summed E-state index contributed by atoms with van der Waals surface area (Å²) in [5.41, 5.74) is 8.33. The fraction of sp³-hybridized carbons (Fsp3) is 0.167. The number of hydrogen-bond acceptors (Lipinski definition) is 0. The largest absolute Gasteiger partial charge is 0.361 e.